The van der Waals surface area contributed by atoms with E-state index in [0.29, 0.717) is 24.8 Å². The third-order valence-corrected chi connectivity index (χ3v) is 5.63. The van der Waals surface area contributed by atoms with Crippen molar-refractivity contribution >= 4 is 10.9 Å². The van der Waals surface area contributed by atoms with Crippen molar-refractivity contribution in [2.45, 2.75) is 18.9 Å². The van der Waals surface area contributed by atoms with Crippen molar-refractivity contribution in [1.82, 2.24) is 9.88 Å². The Morgan fingerprint density at radius 1 is 1.28 bits per heavy atom. The van der Waals surface area contributed by atoms with Crippen LogP contribution in [0, 0.1) is 11.7 Å². The number of nitrogens with zero attached hydrogens (tertiary/aromatic N) is 1. The molecule has 2 atom stereocenters. The number of hydrogen-bond acceptors (Lipinski definition) is 4. The van der Waals surface area contributed by atoms with E-state index in [1.165, 1.54) is 6.07 Å². The second-order valence-corrected chi connectivity index (χ2v) is 7.68. The highest BCUT2D eigenvalue weighted by Gasteiger charge is 2.24. The number of H-pyrrole nitrogens is 1. The fourth-order valence-electron chi connectivity index (χ4n) is 4.09. The van der Waals surface area contributed by atoms with Crippen LogP contribution in [0.4, 0.5) is 4.39 Å². The smallest absolute Gasteiger partial charge is 0.165 e. The highest BCUT2D eigenvalue weighted by molar-refractivity contribution is 5.85. The number of likely N-dealkylation sites (tertiary alicyclic amines) is 1. The average Bonchev–Trinajstić information content (AvgIpc) is 3.16. The number of hydrogen-bond donors (Lipinski definition) is 2. The Labute approximate surface area is 170 Å². The van der Waals surface area contributed by atoms with Crippen molar-refractivity contribution < 1.29 is 19.0 Å². The quantitative estimate of drug-likeness (QED) is 0.628. The fourth-order valence-corrected chi connectivity index (χ4v) is 4.09. The number of para-hydroxylation sites is 1. The molecule has 29 heavy (non-hydrogen) atoms. The molecule has 2 N–H and O–H groups in total. The third-order valence-electron chi connectivity index (χ3n) is 5.63. The highest BCUT2D eigenvalue weighted by atomic mass is 19.1. The summed E-state index contributed by atoms with van der Waals surface area (Å²) in [6.07, 6.45) is 3.37. The number of β-amino-alcohol motifs (C(OH)–C–C–N with tert-alkyl or cyclic N) is 1. The molecule has 0 radical (unpaired) electrons. The second-order valence-electron chi connectivity index (χ2n) is 7.68. The van der Waals surface area contributed by atoms with E-state index in [1.807, 2.05) is 24.4 Å². The zero-order chi connectivity index (χ0) is 20.2. The molecule has 2 aromatic carbocycles. The zero-order valence-electron chi connectivity index (χ0n) is 16.6. The van der Waals surface area contributed by atoms with E-state index in [0.717, 1.165) is 48.1 Å². The number of aliphatic hydroxyl groups is 1. The van der Waals surface area contributed by atoms with Crippen molar-refractivity contribution in [3.8, 4) is 11.5 Å². The zero-order valence-corrected chi connectivity index (χ0v) is 16.6. The molecule has 0 aliphatic carbocycles. The number of piperidine rings is 1. The summed E-state index contributed by atoms with van der Waals surface area (Å²) in [5.41, 5.74) is 1.86. The van der Waals surface area contributed by atoms with E-state index < -0.39 is 6.10 Å². The van der Waals surface area contributed by atoms with Gasteiger partial charge in [0, 0.05) is 41.7 Å². The lowest BCUT2D eigenvalue weighted by Crippen LogP contribution is -2.40. The molecule has 3 aromatic rings. The Kier molecular flexibility index (Phi) is 6.02. The summed E-state index contributed by atoms with van der Waals surface area (Å²) in [6, 6.07) is 12.3. The van der Waals surface area contributed by atoms with Gasteiger partial charge in [0.15, 0.2) is 11.6 Å². The minimum Gasteiger partial charge on any atom is -0.497 e. The number of nitrogens with one attached hydrogen (secondary N) is 1. The van der Waals surface area contributed by atoms with E-state index >= 15 is 0 Å². The molecule has 0 saturated carbocycles. The van der Waals surface area contributed by atoms with Crippen LogP contribution in [-0.4, -0.2) is 48.3 Å². The SMILES string of the molecule is COc1ccc2[nH]cc(C(O)CN3CCCC(COc4ccccc4F)C3)c2c1. The average molecular weight is 398 g/mol. The molecule has 1 saturated heterocycles. The van der Waals surface area contributed by atoms with Crippen LogP contribution >= 0.6 is 0 Å². The summed E-state index contributed by atoms with van der Waals surface area (Å²) in [7, 11) is 1.64. The standard InChI is InChI=1S/C23H27FN2O3/c1-28-17-8-9-21-18(11-17)19(12-25-21)22(27)14-26-10-4-5-16(13-26)15-29-23-7-3-2-6-20(23)24/h2-3,6-9,11-12,16,22,25,27H,4-5,10,13-15H2,1H3. The largest absolute Gasteiger partial charge is 0.497 e. The van der Waals surface area contributed by atoms with Gasteiger partial charge in [0.1, 0.15) is 5.75 Å². The van der Waals surface area contributed by atoms with Crippen LogP contribution in [0.25, 0.3) is 10.9 Å². The summed E-state index contributed by atoms with van der Waals surface area (Å²) in [5, 5.41) is 11.9. The minimum atomic E-state index is -0.595. The number of rotatable bonds is 7. The van der Waals surface area contributed by atoms with Crippen LogP contribution < -0.4 is 9.47 Å². The number of methoxy groups -OCH3 is 1. The van der Waals surface area contributed by atoms with Crippen LogP contribution in [-0.2, 0) is 0 Å². The van der Waals surface area contributed by atoms with Crippen molar-refractivity contribution in [1.29, 1.82) is 0 Å². The first-order valence-electron chi connectivity index (χ1n) is 10.1. The van der Waals surface area contributed by atoms with Crippen LogP contribution in [0.15, 0.2) is 48.7 Å². The van der Waals surface area contributed by atoms with Gasteiger partial charge in [-0.2, -0.15) is 0 Å². The summed E-state index contributed by atoms with van der Waals surface area (Å²) in [6.45, 7) is 2.81. The van der Waals surface area contributed by atoms with Gasteiger partial charge in [-0.15, -0.1) is 0 Å². The lowest BCUT2D eigenvalue weighted by molar-refractivity contribution is 0.0715. The second kappa shape index (κ2) is 8.84. The maximum Gasteiger partial charge on any atom is 0.165 e. The summed E-state index contributed by atoms with van der Waals surface area (Å²) >= 11 is 0. The van der Waals surface area contributed by atoms with E-state index in [1.54, 1.807) is 25.3 Å². The van der Waals surface area contributed by atoms with E-state index in [2.05, 4.69) is 9.88 Å². The number of ether oxygens (including phenoxy) is 2. The molecule has 6 heteroatoms. The van der Waals surface area contributed by atoms with E-state index in [4.69, 9.17) is 9.47 Å². The molecule has 1 fully saturated rings. The number of fused-ring (bicyclic) bond motifs is 1. The van der Waals surface area contributed by atoms with Crippen LogP contribution in [0.1, 0.15) is 24.5 Å². The Morgan fingerprint density at radius 3 is 2.97 bits per heavy atom. The van der Waals surface area contributed by atoms with Gasteiger partial charge in [0.25, 0.3) is 0 Å². The molecule has 1 aliphatic heterocycles. The number of benzene rings is 2. The van der Waals surface area contributed by atoms with E-state index in [-0.39, 0.29) is 5.82 Å². The number of halogens is 1. The molecular weight excluding hydrogens is 371 g/mol. The molecule has 4 rings (SSSR count). The summed E-state index contributed by atoms with van der Waals surface area (Å²) in [4.78, 5) is 5.49. The van der Waals surface area contributed by atoms with Gasteiger partial charge in [-0.05, 0) is 49.7 Å². The Bertz CT molecular complexity index is 958. The molecule has 2 unspecified atom stereocenters. The first-order chi connectivity index (χ1) is 14.1. The molecular formula is C23H27FN2O3. The highest BCUT2D eigenvalue weighted by Crippen LogP contribution is 2.29. The minimum absolute atomic E-state index is 0.303. The molecule has 0 amide bonds. The number of aromatic amines is 1. The van der Waals surface area contributed by atoms with Crippen molar-refractivity contribution in [3.63, 3.8) is 0 Å². The lowest BCUT2D eigenvalue weighted by Gasteiger charge is -2.33. The number of aliphatic hydroxyl groups excluding tert-OH is 1. The molecule has 154 valence electrons. The molecule has 2 heterocycles. The molecule has 5 nitrogen and oxygen atoms in total. The van der Waals surface area contributed by atoms with Gasteiger partial charge >= 0.3 is 0 Å². The molecule has 0 bridgehead atoms. The van der Waals surface area contributed by atoms with Crippen LogP contribution in [0.3, 0.4) is 0 Å². The topological polar surface area (TPSA) is 57.7 Å². The van der Waals surface area contributed by atoms with Crippen molar-refractivity contribution in [3.05, 3.63) is 60.0 Å². The van der Waals surface area contributed by atoms with Gasteiger partial charge < -0.3 is 24.5 Å². The molecule has 0 spiro atoms. The number of aromatic nitrogens is 1. The predicted molar refractivity (Wildman–Crippen MR) is 111 cm³/mol. The van der Waals surface area contributed by atoms with Crippen molar-refractivity contribution in [2.24, 2.45) is 5.92 Å². The third kappa shape index (κ3) is 4.54. The lowest BCUT2D eigenvalue weighted by atomic mass is 9.98. The Morgan fingerprint density at radius 2 is 2.14 bits per heavy atom. The Hall–Kier alpha value is -2.57. The van der Waals surface area contributed by atoms with Crippen molar-refractivity contribution in [2.75, 3.05) is 33.4 Å². The monoisotopic (exact) mass is 398 g/mol. The first-order valence-corrected chi connectivity index (χ1v) is 10.1. The van der Waals surface area contributed by atoms with E-state index in [9.17, 15) is 9.50 Å². The maximum absolute atomic E-state index is 13.8. The first kappa shape index (κ1) is 19.7. The van der Waals surface area contributed by atoms with Gasteiger partial charge in [-0.1, -0.05) is 12.1 Å². The molecule has 1 aliphatic rings. The summed E-state index contributed by atoms with van der Waals surface area (Å²) in [5.74, 6) is 1.07. The van der Waals surface area contributed by atoms with Gasteiger partial charge in [-0.25, -0.2) is 4.39 Å². The fraction of sp³-hybridized carbons (Fsp3) is 0.391. The van der Waals surface area contributed by atoms with Crippen LogP contribution in [0.2, 0.25) is 0 Å². The predicted octanol–water partition coefficient (Wildman–Crippen LogP) is 4.14. The normalized spacial score (nSPS) is 18.7. The van der Waals surface area contributed by atoms with Crippen LogP contribution in [0.5, 0.6) is 11.5 Å². The van der Waals surface area contributed by atoms with Gasteiger partial charge in [-0.3, -0.25) is 0 Å². The van der Waals surface area contributed by atoms with Gasteiger partial charge in [0.05, 0.1) is 19.8 Å². The van der Waals surface area contributed by atoms with Gasteiger partial charge in [0.2, 0.25) is 0 Å². The molecule has 1 aromatic heterocycles. The Balaban J connectivity index is 1.37. The summed E-state index contributed by atoms with van der Waals surface area (Å²) < 4.78 is 24.8. The maximum atomic E-state index is 13.8.